The number of nitrogens with zero attached hydrogens (tertiary/aromatic N) is 2. The molecule has 0 aliphatic carbocycles. The minimum atomic E-state index is -0.383. The molecular weight excluding hydrogens is 396 g/mol. The average Bonchev–Trinajstić information content (AvgIpc) is 3.27. The highest BCUT2D eigenvalue weighted by Gasteiger charge is 2.28. The van der Waals surface area contributed by atoms with E-state index in [4.69, 9.17) is 18.9 Å². The molecule has 0 amide bonds. The Balaban J connectivity index is 1.84. The maximum absolute atomic E-state index is 11.9. The first-order valence-corrected chi connectivity index (χ1v) is 10.4. The van der Waals surface area contributed by atoms with E-state index in [0.717, 1.165) is 31.7 Å². The first-order chi connectivity index (χ1) is 15.1. The Bertz CT molecular complexity index is 845. The number of likely N-dealkylation sites (N-methyl/N-ethyl adjacent to an activating group) is 1. The smallest absolute Gasteiger partial charge is 0.337 e. The normalized spacial score (nSPS) is 17.4. The number of rotatable bonds is 10. The van der Waals surface area contributed by atoms with Crippen molar-refractivity contribution in [2.45, 2.75) is 18.6 Å². The molecule has 1 saturated heterocycles. The maximum Gasteiger partial charge on any atom is 0.337 e. The lowest BCUT2D eigenvalue weighted by molar-refractivity contribution is -0.0671. The lowest BCUT2D eigenvalue weighted by Gasteiger charge is -2.34. The average molecular weight is 429 g/mol. The van der Waals surface area contributed by atoms with Crippen LogP contribution in [0.5, 0.6) is 5.75 Å². The highest BCUT2D eigenvalue weighted by atomic mass is 16.7. The predicted molar refractivity (Wildman–Crippen MR) is 120 cm³/mol. The summed E-state index contributed by atoms with van der Waals surface area (Å²) in [5.74, 6) is 0.250. The Hall–Kier alpha value is -2.61. The summed E-state index contributed by atoms with van der Waals surface area (Å²) in [6.07, 6.45) is 1.18. The first-order valence-electron chi connectivity index (χ1n) is 10.4. The highest BCUT2D eigenvalue weighted by molar-refractivity contribution is 5.90. The molecule has 0 saturated carbocycles. The summed E-state index contributed by atoms with van der Waals surface area (Å²) in [4.78, 5) is 16.6. The van der Waals surface area contributed by atoms with E-state index >= 15 is 0 Å². The van der Waals surface area contributed by atoms with Crippen LogP contribution in [0.15, 0.2) is 48.5 Å². The molecule has 168 valence electrons. The number of hydrogen-bond donors (Lipinski definition) is 0. The molecule has 2 aromatic carbocycles. The fourth-order valence-corrected chi connectivity index (χ4v) is 4.02. The number of benzene rings is 2. The number of esters is 1. The fraction of sp³-hybridized carbons (Fsp3) is 0.458. The second-order valence-corrected chi connectivity index (χ2v) is 7.66. The summed E-state index contributed by atoms with van der Waals surface area (Å²) in [6.45, 7) is 3.02. The summed E-state index contributed by atoms with van der Waals surface area (Å²) in [5.41, 5.74) is 2.59. The summed E-state index contributed by atoms with van der Waals surface area (Å²) in [7, 11) is 6.69. The number of hydrogen-bond acceptors (Lipinski definition) is 7. The van der Waals surface area contributed by atoms with Gasteiger partial charge in [-0.15, -0.1) is 0 Å². The van der Waals surface area contributed by atoms with Gasteiger partial charge < -0.3 is 23.8 Å². The fourth-order valence-electron chi connectivity index (χ4n) is 4.02. The number of likely N-dealkylation sites (tertiary alicyclic amines) is 1. The minimum absolute atomic E-state index is 0.0975. The molecule has 2 unspecified atom stereocenters. The van der Waals surface area contributed by atoms with E-state index in [1.54, 1.807) is 26.4 Å². The largest absolute Gasteiger partial charge is 0.495 e. The van der Waals surface area contributed by atoms with E-state index in [2.05, 4.69) is 41.1 Å². The Morgan fingerprint density at radius 1 is 1.16 bits per heavy atom. The van der Waals surface area contributed by atoms with E-state index in [0.29, 0.717) is 18.1 Å². The molecule has 1 fully saturated rings. The van der Waals surface area contributed by atoms with Crippen molar-refractivity contribution in [2.24, 2.45) is 0 Å². The topological polar surface area (TPSA) is 60.5 Å². The van der Waals surface area contributed by atoms with Crippen LogP contribution < -0.4 is 9.64 Å². The van der Waals surface area contributed by atoms with Crippen LogP contribution in [0.3, 0.4) is 0 Å². The van der Waals surface area contributed by atoms with Crippen LogP contribution in [0.25, 0.3) is 0 Å². The number of carbonyl (C=O) groups is 1. The van der Waals surface area contributed by atoms with Crippen molar-refractivity contribution in [3.05, 3.63) is 59.7 Å². The predicted octanol–water partition coefficient (Wildman–Crippen LogP) is 3.35. The molecule has 7 heteroatoms. The van der Waals surface area contributed by atoms with Crippen molar-refractivity contribution in [1.29, 1.82) is 0 Å². The lowest BCUT2D eigenvalue weighted by atomic mass is 10.0. The zero-order valence-corrected chi connectivity index (χ0v) is 18.7. The van der Waals surface area contributed by atoms with Crippen molar-refractivity contribution >= 4 is 11.7 Å². The van der Waals surface area contributed by atoms with E-state index in [-0.39, 0.29) is 18.1 Å². The molecule has 3 rings (SSSR count). The molecule has 2 aromatic rings. The van der Waals surface area contributed by atoms with Gasteiger partial charge in [0.25, 0.3) is 0 Å². The van der Waals surface area contributed by atoms with Crippen LogP contribution >= 0.6 is 0 Å². The Morgan fingerprint density at radius 2 is 1.94 bits per heavy atom. The molecule has 0 N–H and O–H groups in total. The van der Waals surface area contributed by atoms with E-state index in [1.165, 1.54) is 12.7 Å². The molecule has 1 aliphatic rings. The van der Waals surface area contributed by atoms with Crippen molar-refractivity contribution < 1.29 is 23.7 Å². The number of methoxy groups -OCH3 is 3. The van der Waals surface area contributed by atoms with Crippen LogP contribution in [0, 0.1) is 0 Å². The van der Waals surface area contributed by atoms with Crippen molar-refractivity contribution in [3.8, 4) is 5.75 Å². The van der Waals surface area contributed by atoms with Crippen LogP contribution in [0.2, 0.25) is 0 Å². The van der Waals surface area contributed by atoms with E-state index < -0.39 is 0 Å². The van der Waals surface area contributed by atoms with Gasteiger partial charge in [0, 0.05) is 33.8 Å². The maximum atomic E-state index is 11.9. The summed E-state index contributed by atoms with van der Waals surface area (Å²) in [6, 6.07) is 15.9. The molecular formula is C24H32N2O5. The van der Waals surface area contributed by atoms with Crippen molar-refractivity contribution in [3.63, 3.8) is 0 Å². The van der Waals surface area contributed by atoms with Gasteiger partial charge in [-0.25, -0.2) is 4.79 Å². The quantitative estimate of drug-likeness (QED) is 0.425. The van der Waals surface area contributed by atoms with Crippen molar-refractivity contribution in [2.75, 3.05) is 59.7 Å². The van der Waals surface area contributed by atoms with Gasteiger partial charge in [0.2, 0.25) is 0 Å². The summed E-state index contributed by atoms with van der Waals surface area (Å²) < 4.78 is 21.3. The summed E-state index contributed by atoms with van der Waals surface area (Å²) >= 11 is 0. The third-order valence-electron chi connectivity index (χ3n) is 5.71. The zero-order valence-electron chi connectivity index (χ0n) is 18.7. The molecule has 1 heterocycles. The van der Waals surface area contributed by atoms with Gasteiger partial charge in [-0.1, -0.05) is 30.3 Å². The lowest BCUT2D eigenvalue weighted by Crippen LogP contribution is -2.36. The van der Waals surface area contributed by atoms with Crippen LogP contribution in [0.1, 0.15) is 28.4 Å². The van der Waals surface area contributed by atoms with E-state index in [9.17, 15) is 4.79 Å². The second-order valence-electron chi connectivity index (χ2n) is 7.66. The first kappa shape index (κ1) is 23.1. The van der Waals surface area contributed by atoms with Crippen molar-refractivity contribution in [1.82, 2.24) is 4.90 Å². The monoisotopic (exact) mass is 428 g/mol. The number of ether oxygens (including phenoxy) is 4. The molecule has 7 nitrogen and oxygen atoms in total. The van der Waals surface area contributed by atoms with Gasteiger partial charge in [-0.05, 0) is 30.2 Å². The van der Waals surface area contributed by atoms with Gasteiger partial charge in [0.1, 0.15) is 12.5 Å². The number of anilines is 1. The molecule has 0 aromatic heterocycles. The van der Waals surface area contributed by atoms with E-state index in [1.807, 2.05) is 12.1 Å². The molecule has 1 aliphatic heterocycles. The molecule has 0 radical (unpaired) electrons. The van der Waals surface area contributed by atoms with Crippen LogP contribution in [0.4, 0.5) is 5.69 Å². The zero-order chi connectivity index (χ0) is 22.2. The Kier molecular flexibility index (Phi) is 8.28. The second kappa shape index (κ2) is 11.1. The van der Waals surface area contributed by atoms with Gasteiger partial charge in [-0.3, -0.25) is 4.90 Å². The van der Waals surface area contributed by atoms with Crippen LogP contribution in [-0.2, 0) is 14.2 Å². The van der Waals surface area contributed by atoms with Gasteiger partial charge in [-0.2, -0.15) is 0 Å². The Morgan fingerprint density at radius 3 is 2.61 bits per heavy atom. The number of carbonyl (C=O) groups excluding carboxylic acids is 1. The van der Waals surface area contributed by atoms with Crippen LogP contribution in [-0.4, -0.2) is 71.8 Å². The molecule has 2 atom stereocenters. The Labute approximate surface area is 184 Å². The molecule has 0 spiro atoms. The molecule has 0 bridgehead atoms. The third-order valence-corrected chi connectivity index (χ3v) is 5.71. The minimum Gasteiger partial charge on any atom is -0.495 e. The standard InChI is InChI=1S/C24H32N2O5/c1-25(21-11-10-19(24(27)30-4)14-23(21)29-3)22(18-8-6-5-7-9-18)16-26-13-12-20(15-26)31-17-28-2/h5-11,14,20,22H,12-13,15-17H2,1-4H3. The van der Waals surface area contributed by atoms with Gasteiger partial charge in [0.05, 0.1) is 37.6 Å². The summed E-state index contributed by atoms with van der Waals surface area (Å²) in [5, 5.41) is 0. The third kappa shape index (κ3) is 5.76. The SMILES string of the molecule is COCOC1CCN(CC(c2ccccc2)N(C)c2ccc(C(=O)OC)cc2OC)C1. The van der Waals surface area contributed by atoms with Gasteiger partial charge >= 0.3 is 5.97 Å². The van der Waals surface area contributed by atoms with Gasteiger partial charge in [0.15, 0.2) is 0 Å². The molecule has 31 heavy (non-hydrogen) atoms. The highest BCUT2D eigenvalue weighted by Crippen LogP contribution is 2.35.